The van der Waals surface area contributed by atoms with E-state index in [0.29, 0.717) is 5.82 Å². The minimum Gasteiger partial charge on any atom is -0.456 e. The van der Waals surface area contributed by atoms with Gasteiger partial charge in [-0.25, -0.2) is 9.97 Å². The molecule has 0 unspecified atom stereocenters. The van der Waals surface area contributed by atoms with Crippen LogP contribution >= 0.6 is 0 Å². The molecule has 3 nitrogen and oxygen atoms in total. The van der Waals surface area contributed by atoms with Crippen molar-refractivity contribution in [1.29, 1.82) is 0 Å². The van der Waals surface area contributed by atoms with Gasteiger partial charge in [-0.3, -0.25) is 0 Å². The van der Waals surface area contributed by atoms with Gasteiger partial charge in [-0.15, -0.1) is 0 Å². The van der Waals surface area contributed by atoms with E-state index >= 15 is 0 Å². The Labute approximate surface area is 316 Å². The van der Waals surface area contributed by atoms with Crippen LogP contribution in [-0.2, 0) is 0 Å². The van der Waals surface area contributed by atoms with Crippen molar-refractivity contribution in [3.05, 3.63) is 182 Å². The summed E-state index contributed by atoms with van der Waals surface area (Å²) in [4.78, 5) is 10.4. The maximum Gasteiger partial charge on any atom is 0.160 e. The highest BCUT2D eigenvalue weighted by Gasteiger charge is 2.26. The minimum atomic E-state index is 0.680. The Balaban J connectivity index is 1.02. The lowest BCUT2D eigenvalue weighted by Crippen LogP contribution is -1.96. The topological polar surface area (TPSA) is 38.9 Å². The first-order valence-corrected chi connectivity index (χ1v) is 18.7. The number of rotatable bonds is 4. The highest BCUT2D eigenvalue weighted by atomic mass is 16.3. The van der Waals surface area contributed by atoms with Crippen LogP contribution in [0.4, 0.5) is 0 Å². The molecule has 0 N–H and O–H groups in total. The molecule has 3 heteroatoms. The molecule has 0 spiro atoms. The second-order valence-electron chi connectivity index (χ2n) is 14.5. The maximum absolute atomic E-state index is 6.66. The molecule has 0 fully saturated rings. The normalized spacial score (nSPS) is 12.0. The molecule has 0 amide bonds. The molecule has 2 aromatic heterocycles. The van der Waals surface area contributed by atoms with Gasteiger partial charge in [0.2, 0.25) is 0 Å². The van der Waals surface area contributed by atoms with Gasteiger partial charge in [-0.1, -0.05) is 146 Å². The Hall–Kier alpha value is -7.36. The molecule has 0 bridgehead atoms. The van der Waals surface area contributed by atoms with Crippen molar-refractivity contribution >= 4 is 54.3 Å². The third-order valence-electron chi connectivity index (χ3n) is 11.4. The van der Waals surface area contributed by atoms with E-state index in [1.807, 2.05) is 6.07 Å². The quantitative estimate of drug-likeness (QED) is 0.172. The fourth-order valence-electron chi connectivity index (χ4n) is 8.79. The number of aromatic nitrogens is 2. The summed E-state index contributed by atoms with van der Waals surface area (Å²) in [5.74, 6) is 0.680. The van der Waals surface area contributed by atoms with E-state index in [-0.39, 0.29) is 0 Å². The molecule has 0 atom stereocenters. The fraction of sp³-hybridized carbons (Fsp3) is 0. The number of nitrogens with zero attached hydrogens (tertiary/aromatic N) is 2. The van der Waals surface area contributed by atoms with E-state index in [1.54, 1.807) is 0 Å². The molecule has 0 aliphatic heterocycles. The molecule has 0 radical (unpaired) electrons. The highest BCUT2D eigenvalue weighted by Crippen LogP contribution is 2.52. The number of hydrogen-bond acceptors (Lipinski definition) is 3. The van der Waals surface area contributed by atoms with E-state index in [2.05, 4.69) is 176 Å². The fourth-order valence-corrected chi connectivity index (χ4v) is 8.79. The first-order valence-electron chi connectivity index (χ1n) is 18.7. The van der Waals surface area contributed by atoms with Gasteiger partial charge in [0.05, 0.1) is 11.4 Å². The van der Waals surface area contributed by atoms with Crippen molar-refractivity contribution in [2.45, 2.75) is 0 Å². The van der Waals surface area contributed by atoms with Crippen molar-refractivity contribution < 1.29 is 4.42 Å². The van der Waals surface area contributed by atoms with Crippen LogP contribution in [0.3, 0.4) is 0 Å². The van der Waals surface area contributed by atoms with Crippen molar-refractivity contribution in [3.8, 4) is 67.3 Å². The van der Waals surface area contributed by atoms with Crippen LogP contribution in [-0.4, -0.2) is 9.97 Å². The van der Waals surface area contributed by atoms with E-state index in [0.717, 1.165) is 55.6 Å². The zero-order chi connectivity index (χ0) is 36.0. The van der Waals surface area contributed by atoms with Crippen molar-refractivity contribution in [2.24, 2.45) is 0 Å². The van der Waals surface area contributed by atoms with E-state index < -0.39 is 0 Å². The van der Waals surface area contributed by atoms with Crippen LogP contribution in [0.25, 0.3) is 122 Å². The largest absolute Gasteiger partial charge is 0.456 e. The summed E-state index contributed by atoms with van der Waals surface area (Å²) in [5.41, 5.74) is 13.8. The second kappa shape index (κ2) is 11.6. The SMILES string of the molecule is c1ccc(-c2ccc(-c3nc(-c4ccc5c(ccc6ccccc65)c4)cc(-c4ccc5c(c4)oc4ccc6c(c45)-c4cccc5cccc-6c45)n3)cc2)cc1. The molecule has 0 saturated carbocycles. The van der Waals surface area contributed by atoms with Gasteiger partial charge < -0.3 is 4.42 Å². The van der Waals surface area contributed by atoms with E-state index in [4.69, 9.17) is 14.4 Å². The van der Waals surface area contributed by atoms with Crippen LogP contribution in [0.1, 0.15) is 0 Å². The number of furan rings is 1. The molecule has 0 saturated heterocycles. The van der Waals surface area contributed by atoms with Crippen molar-refractivity contribution in [3.63, 3.8) is 0 Å². The zero-order valence-electron chi connectivity index (χ0n) is 29.6. The lowest BCUT2D eigenvalue weighted by atomic mass is 9.97. The van der Waals surface area contributed by atoms with Gasteiger partial charge in [-0.2, -0.15) is 0 Å². The van der Waals surface area contributed by atoms with Gasteiger partial charge in [0, 0.05) is 33.0 Å². The Morgan fingerprint density at radius 1 is 0.327 bits per heavy atom. The van der Waals surface area contributed by atoms with Gasteiger partial charge in [0.15, 0.2) is 5.82 Å². The Kier molecular flexibility index (Phi) is 6.34. The Morgan fingerprint density at radius 2 is 0.964 bits per heavy atom. The lowest BCUT2D eigenvalue weighted by molar-refractivity contribution is 0.669. The molecule has 11 aromatic rings. The molecule has 1 aliphatic rings. The number of hydrogen-bond donors (Lipinski definition) is 0. The molecule has 1 aliphatic carbocycles. The molecule has 254 valence electrons. The van der Waals surface area contributed by atoms with Crippen LogP contribution in [0.5, 0.6) is 0 Å². The predicted octanol–water partition coefficient (Wildman–Crippen LogP) is 14.2. The van der Waals surface area contributed by atoms with Gasteiger partial charge in [0.25, 0.3) is 0 Å². The molecular formula is C52H30N2O. The van der Waals surface area contributed by atoms with Crippen LogP contribution in [0.2, 0.25) is 0 Å². The average Bonchev–Trinajstić information content (AvgIpc) is 3.80. The summed E-state index contributed by atoms with van der Waals surface area (Å²) in [6, 6.07) is 64.8. The molecule has 55 heavy (non-hydrogen) atoms. The summed E-state index contributed by atoms with van der Waals surface area (Å²) in [6.45, 7) is 0. The maximum atomic E-state index is 6.66. The number of fused-ring (bicyclic) bond motifs is 10. The van der Waals surface area contributed by atoms with E-state index in [1.165, 1.54) is 60.1 Å². The average molecular weight is 699 g/mol. The van der Waals surface area contributed by atoms with Crippen molar-refractivity contribution in [2.75, 3.05) is 0 Å². The minimum absolute atomic E-state index is 0.680. The van der Waals surface area contributed by atoms with Gasteiger partial charge >= 0.3 is 0 Å². The zero-order valence-corrected chi connectivity index (χ0v) is 29.6. The third kappa shape index (κ3) is 4.63. The third-order valence-corrected chi connectivity index (χ3v) is 11.4. The lowest BCUT2D eigenvalue weighted by Gasteiger charge is -2.11. The van der Waals surface area contributed by atoms with Crippen LogP contribution in [0, 0.1) is 0 Å². The summed E-state index contributed by atoms with van der Waals surface area (Å²) >= 11 is 0. The first kappa shape index (κ1) is 30.1. The highest BCUT2D eigenvalue weighted by molar-refractivity contribution is 6.25. The monoisotopic (exact) mass is 698 g/mol. The predicted molar refractivity (Wildman–Crippen MR) is 228 cm³/mol. The molecule has 9 aromatic carbocycles. The molecule has 12 rings (SSSR count). The van der Waals surface area contributed by atoms with Crippen LogP contribution in [0.15, 0.2) is 186 Å². The number of benzene rings is 9. The smallest absolute Gasteiger partial charge is 0.160 e. The summed E-state index contributed by atoms with van der Waals surface area (Å²) in [6.07, 6.45) is 0. The second-order valence-corrected chi connectivity index (χ2v) is 14.5. The van der Waals surface area contributed by atoms with Gasteiger partial charge in [-0.05, 0) is 96.5 Å². The van der Waals surface area contributed by atoms with Crippen molar-refractivity contribution in [1.82, 2.24) is 9.97 Å². The standard InChI is InChI=1S/C52H30N2O/c1-2-8-31(9-3-1)32-16-19-35(20-17-32)52-53-45(37-22-24-40-36(28-37)21-18-33-10-4-5-13-39(33)40)30-46(54-52)38-23-25-43-48(29-38)55-47-27-26-42-41-14-6-11-34-12-7-15-44(49(34)41)50(42)51(43)47/h1-30H. The Bertz CT molecular complexity index is 3350. The Morgan fingerprint density at radius 3 is 1.80 bits per heavy atom. The summed E-state index contributed by atoms with van der Waals surface area (Å²) < 4.78 is 6.66. The summed E-state index contributed by atoms with van der Waals surface area (Å²) in [5, 5.41) is 9.74. The first-order chi connectivity index (χ1) is 27.2. The van der Waals surface area contributed by atoms with E-state index in [9.17, 15) is 0 Å². The van der Waals surface area contributed by atoms with Crippen LogP contribution < -0.4 is 0 Å². The molecular weight excluding hydrogens is 669 g/mol. The summed E-state index contributed by atoms with van der Waals surface area (Å²) in [7, 11) is 0. The molecule has 2 heterocycles. The van der Waals surface area contributed by atoms with Gasteiger partial charge in [0.1, 0.15) is 11.2 Å².